The van der Waals surface area contributed by atoms with E-state index in [0.717, 1.165) is 5.39 Å². The summed E-state index contributed by atoms with van der Waals surface area (Å²) >= 11 is 0. The van der Waals surface area contributed by atoms with Gasteiger partial charge in [0.05, 0.1) is 11.0 Å². The normalized spacial score (nSPS) is 17.9. The van der Waals surface area contributed by atoms with Gasteiger partial charge in [-0.3, -0.25) is 9.59 Å². The summed E-state index contributed by atoms with van der Waals surface area (Å²) in [4.78, 5) is 25.5. The van der Waals surface area contributed by atoms with Gasteiger partial charge in [0, 0.05) is 18.5 Å². The van der Waals surface area contributed by atoms with Gasteiger partial charge in [0.1, 0.15) is 11.8 Å². The number of para-hydroxylation sites is 1. The minimum atomic E-state index is -0.789. The third-order valence-electron chi connectivity index (χ3n) is 4.38. The summed E-state index contributed by atoms with van der Waals surface area (Å²) in [6.45, 7) is 2.66. The number of amides is 1. The van der Waals surface area contributed by atoms with Crippen LogP contribution in [0.1, 0.15) is 30.1 Å². The fourth-order valence-corrected chi connectivity index (χ4v) is 2.73. The van der Waals surface area contributed by atoms with E-state index in [1.807, 2.05) is 24.3 Å². The second-order valence-corrected chi connectivity index (χ2v) is 5.80. The quantitative estimate of drug-likeness (QED) is 0.922. The molecule has 21 heavy (non-hydrogen) atoms. The summed E-state index contributed by atoms with van der Waals surface area (Å²) in [6, 6.07) is 7.41. The number of carboxylic acid groups (broad SMARTS) is 1. The van der Waals surface area contributed by atoms with Gasteiger partial charge in [0.15, 0.2) is 0 Å². The number of carbonyl (C=O) groups is 2. The summed E-state index contributed by atoms with van der Waals surface area (Å²) < 4.78 is 5.40. The van der Waals surface area contributed by atoms with Crippen molar-refractivity contribution in [3.63, 3.8) is 0 Å². The average Bonchev–Trinajstić information content (AvgIpc) is 2.91. The van der Waals surface area contributed by atoms with Crippen LogP contribution in [-0.2, 0) is 4.79 Å². The number of hydrogen-bond donors (Lipinski definition) is 1. The SMILES string of the molecule is CC1(C(=O)O)CCN(C(=O)c2coc3ccccc23)CC1. The lowest BCUT2D eigenvalue weighted by Crippen LogP contribution is -2.45. The van der Waals surface area contributed by atoms with Crippen LogP contribution in [0.3, 0.4) is 0 Å². The van der Waals surface area contributed by atoms with Crippen molar-refractivity contribution in [2.24, 2.45) is 5.41 Å². The first-order valence-electron chi connectivity index (χ1n) is 7.00. The van der Waals surface area contributed by atoms with Crippen LogP contribution in [-0.4, -0.2) is 35.0 Å². The molecule has 1 aromatic heterocycles. The van der Waals surface area contributed by atoms with E-state index in [2.05, 4.69) is 0 Å². The molecule has 1 saturated heterocycles. The van der Waals surface area contributed by atoms with Crippen LogP contribution >= 0.6 is 0 Å². The summed E-state index contributed by atoms with van der Waals surface area (Å²) in [7, 11) is 0. The average molecular weight is 287 g/mol. The van der Waals surface area contributed by atoms with E-state index in [0.29, 0.717) is 37.1 Å². The minimum absolute atomic E-state index is 0.0904. The summed E-state index contributed by atoms with van der Waals surface area (Å²) in [5.74, 6) is -0.879. The Morgan fingerprint density at radius 3 is 2.57 bits per heavy atom. The number of carbonyl (C=O) groups excluding carboxylic acids is 1. The highest BCUT2D eigenvalue weighted by molar-refractivity contribution is 6.05. The number of aliphatic carboxylic acids is 1. The maximum atomic E-state index is 12.6. The number of benzene rings is 1. The van der Waals surface area contributed by atoms with Gasteiger partial charge in [0.25, 0.3) is 5.91 Å². The van der Waals surface area contributed by atoms with E-state index in [-0.39, 0.29) is 5.91 Å². The van der Waals surface area contributed by atoms with Gasteiger partial charge in [-0.2, -0.15) is 0 Å². The Morgan fingerprint density at radius 1 is 1.24 bits per heavy atom. The van der Waals surface area contributed by atoms with Gasteiger partial charge in [-0.15, -0.1) is 0 Å². The fourth-order valence-electron chi connectivity index (χ4n) is 2.73. The lowest BCUT2D eigenvalue weighted by Gasteiger charge is -2.36. The zero-order valence-corrected chi connectivity index (χ0v) is 11.8. The van der Waals surface area contributed by atoms with Crippen LogP contribution in [0, 0.1) is 5.41 Å². The molecule has 1 aliphatic heterocycles. The van der Waals surface area contributed by atoms with Crippen molar-refractivity contribution in [1.82, 2.24) is 4.90 Å². The van der Waals surface area contributed by atoms with Gasteiger partial charge in [-0.05, 0) is 25.8 Å². The predicted molar refractivity (Wildman–Crippen MR) is 77.1 cm³/mol. The Balaban J connectivity index is 1.80. The molecule has 2 heterocycles. The number of carboxylic acids is 1. The van der Waals surface area contributed by atoms with E-state index in [1.54, 1.807) is 11.8 Å². The number of furan rings is 1. The van der Waals surface area contributed by atoms with Gasteiger partial charge in [-0.25, -0.2) is 0 Å². The van der Waals surface area contributed by atoms with Crippen LogP contribution in [0.4, 0.5) is 0 Å². The van der Waals surface area contributed by atoms with Crippen LogP contribution in [0.2, 0.25) is 0 Å². The molecule has 1 aliphatic rings. The van der Waals surface area contributed by atoms with Crippen LogP contribution < -0.4 is 0 Å². The topological polar surface area (TPSA) is 70.8 Å². The van der Waals surface area contributed by atoms with Gasteiger partial charge >= 0.3 is 5.97 Å². The van der Waals surface area contributed by atoms with E-state index in [1.165, 1.54) is 6.26 Å². The summed E-state index contributed by atoms with van der Waals surface area (Å²) in [5, 5.41) is 10.0. The summed E-state index contributed by atoms with van der Waals surface area (Å²) in [6.07, 6.45) is 2.44. The number of hydrogen-bond acceptors (Lipinski definition) is 3. The molecule has 0 aliphatic carbocycles. The molecule has 5 nitrogen and oxygen atoms in total. The van der Waals surface area contributed by atoms with E-state index >= 15 is 0 Å². The maximum Gasteiger partial charge on any atom is 0.309 e. The lowest BCUT2D eigenvalue weighted by molar-refractivity contribution is -0.150. The molecule has 1 amide bonds. The third-order valence-corrected chi connectivity index (χ3v) is 4.38. The molecule has 1 N–H and O–H groups in total. The zero-order chi connectivity index (χ0) is 15.0. The van der Waals surface area contributed by atoms with Gasteiger partial charge < -0.3 is 14.4 Å². The van der Waals surface area contributed by atoms with E-state index in [4.69, 9.17) is 4.42 Å². The first kappa shape index (κ1) is 13.7. The second-order valence-electron chi connectivity index (χ2n) is 5.80. The molecule has 1 aromatic carbocycles. The molecule has 5 heteroatoms. The largest absolute Gasteiger partial charge is 0.481 e. The van der Waals surface area contributed by atoms with Crippen molar-refractivity contribution in [3.8, 4) is 0 Å². The number of fused-ring (bicyclic) bond motifs is 1. The number of likely N-dealkylation sites (tertiary alicyclic amines) is 1. The van der Waals surface area contributed by atoms with Crippen molar-refractivity contribution in [2.45, 2.75) is 19.8 Å². The molecule has 3 rings (SSSR count). The molecule has 0 spiro atoms. The molecule has 0 bridgehead atoms. The second kappa shape index (κ2) is 4.91. The van der Waals surface area contributed by atoms with Crippen molar-refractivity contribution >= 4 is 22.8 Å². The van der Waals surface area contributed by atoms with Crippen LogP contribution in [0.5, 0.6) is 0 Å². The first-order valence-corrected chi connectivity index (χ1v) is 7.00. The zero-order valence-electron chi connectivity index (χ0n) is 11.8. The van der Waals surface area contributed by atoms with E-state index < -0.39 is 11.4 Å². The van der Waals surface area contributed by atoms with Gasteiger partial charge in [-0.1, -0.05) is 18.2 Å². The predicted octanol–water partition coefficient (Wildman–Crippen LogP) is 2.76. The molecule has 1 fully saturated rings. The minimum Gasteiger partial charge on any atom is -0.481 e. The first-order chi connectivity index (χ1) is 10.0. The Kier molecular flexibility index (Phi) is 3.20. The molecular weight excluding hydrogens is 270 g/mol. The van der Waals surface area contributed by atoms with Crippen LogP contribution in [0.15, 0.2) is 34.9 Å². The Morgan fingerprint density at radius 2 is 1.90 bits per heavy atom. The standard InChI is InChI=1S/C16H17NO4/c1-16(15(19)20)6-8-17(9-7-16)14(18)12-10-21-13-5-3-2-4-11(12)13/h2-5,10H,6-9H2,1H3,(H,19,20). The fraction of sp³-hybridized carbons (Fsp3) is 0.375. The maximum absolute atomic E-state index is 12.6. The van der Waals surface area contributed by atoms with Crippen molar-refractivity contribution in [1.29, 1.82) is 0 Å². The highest BCUT2D eigenvalue weighted by atomic mass is 16.4. The van der Waals surface area contributed by atoms with E-state index in [9.17, 15) is 14.7 Å². The van der Waals surface area contributed by atoms with Gasteiger partial charge in [0.2, 0.25) is 0 Å². The monoisotopic (exact) mass is 287 g/mol. The van der Waals surface area contributed by atoms with Crippen molar-refractivity contribution in [3.05, 3.63) is 36.1 Å². The highest BCUT2D eigenvalue weighted by Crippen LogP contribution is 2.32. The van der Waals surface area contributed by atoms with Crippen LogP contribution in [0.25, 0.3) is 11.0 Å². The Bertz CT molecular complexity index is 695. The third kappa shape index (κ3) is 2.28. The summed E-state index contributed by atoms with van der Waals surface area (Å²) in [5.41, 5.74) is 0.507. The molecule has 2 aromatic rings. The smallest absolute Gasteiger partial charge is 0.309 e. The van der Waals surface area contributed by atoms with Crippen molar-refractivity contribution < 1.29 is 19.1 Å². The Labute approximate surface area is 122 Å². The molecule has 0 atom stereocenters. The number of nitrogens with zero attached hydrogens (tertiary/aromatic N) is 1. The highest BCUT2D eigenvalue weighted by Gasteiger charge is 2.38. The molecular formula is C16H17NO4. The Hall–Kier alpha value is -2.30. The molecule has 0 radical (unpaired) electrons. The number of piperidine rings is 1. The molecule has 110 valence electrons. The lowest BCUT2D eigenvalue weighted by atomic mass is 9.80. The molecule has 0 saturated carbocycles. The van der Waals surface area contributed by atoms with Crippen molar-refractivity contribution in [2.75, 3.05) is 13.1 Å². The molecule has 0 unspecified atom stereocenters. The number of rotatable bonds is 2.